The zero-order valence-corrected chi connectivity index (χ0v) is 16.7. The van der Waals surface area contributed by atoms with Crippen molar-refractivity contribution in [2.75, 3.05) is 0 Å². The first-order valence-corrected chi connectivity index (χ1v) is 10.9. The standard InChI is InChI=1S/C21H19ClN2OSe/c22-16-11-9-15(10-12-16)19(25)13-18(14-5-2-1-3-6-14)17-7-4-8-20-21(17)23-24-26-20/h1-3,5-6,9-12,17-18H,4,7-8,13H2/t17-,18-/m0/s1. The van der Waals surface area contributed by atoms with Crippen LogP contribution in [0.4, 0.5) is 0 Å². The summed E-state index contributed by atoms with van der Waals surface area (Å²) in [4.78, 5) is 13.0. The number of aryl methyl sites for hydroxylation is 1. The molecule has 0 saturated heterocycles. The normalized spacial score (nSPS) is 17.5. The second kappa shape index (κ2) is 7.87. The van der Waals surface area contributed by atoms with Crippen molar-refractivity contribution in [1.82, 2.24) is 9.19 Å². The van der Waals surface area contributed by atoms with Crippen molar-refractivity contribution in [3.63, 3.8) is 0 Å². The van der Waals surface area contributed by atoms with Gasteiger partial charge in [0.1, 0.15) is 0 Å². The van der Waals surface area contributed by atoms with Gasteiger partial charge in [-0.25, -0.2) is 0 Å². The van der Waals surface area contributed by atoms with E-state index in [4.69, 9.17) is 11.6 Å². The number of carbonyl (C=O) groups excluding carboxylic acids is 1. The molecule has 132 valence electrons. The molecule has 1 heterocycles. The zero-order chi connectivity index (χ0) is 17.9. The van der Waals surface area contributed by atoms with E-state index >= 15 is 0 Å². The van der Waals surface area contributed by atoms with Gasteiger partial charge in [-0.2, -0.15) is 0 Å². The van der Waals surface area contributed by atoms with E-state index in [0.717, 1.165) is 30.5 Å². The summed E-state index contributed by atoms with van der Waals surface area (Å²) in [7, 11) is 0. The minimum absolute atomic E-state index is 0.137. The van der Waals surface area contributed by atoms with Crippen LogP contribution >= 0.6 is 11.6 Å². The number of benzene rings is 2. The predicted octanol–water partition coefficient (Wildman–Crippen LogP) is 4.66. The maximum absolute atomic E-state index is 13.0. The quantitative estimate of drug-likeness (QED) is 0.437. The molecule has 1 aliphatic carbocycles. The van der Waals surface area contributed by atoms with Crippen LogP contribution in [0, 0.1) is 0 Å². The van der Waals surface area contributed by atoms with Gasteiger partial charge in [-0.05, 0) is 0 Å². The summed E-state index contributed by atoms with van der Waals surface area (Å²) in [5, 5.41) is 5.13. The van der Waals surface area contributed by atoms with Crippen LogP contribution in [0.15, 0.2) is 54.6 Å². The molecule has 0 bridgehead atoms. The van der Waals surface area contributed by atoms with Crippen molar-refractivity contribution in [1.29, 1.82) is 0 Å². The molecule has 3 aromatic rings. The number of fused-ring (bicyclic) bond motifs is 1. The topological polar surface area (TPSA) is 42.9 Å². The van der Waals surface area contributed by atoms with E-state index in [1.807, 2.05) is 30.3 Å². The first kappa shape index (κ1) is 17.7. The number of rotatable bonds is 5. The Morgan fingerprint density at radius 1 is 1.15 bits per heavy atom. The predicted molar refractivity (Wildman–Crippen MR) is 104 cm³/mol. The van der Waals surface area contributed by atoms with Gasteiger partial charge in [-0.1, -0.05) is 0 Å². The fraction of sp³-hybridized carbons (Fsp3) is 0.286. The summed E-state index contributed by atoms with van der Waals surface area (Å²) in [6, 6.07) is 17.6. The summed E-state index contributed by atoms with van der Waals surface area (Å²) >= 11 is 6.12. The van der Waals surface area contributed by atoms with E-state index in [1.54, 1.807) is 12.1 Å². The van der Waals surface area contributed by atoms with Crippen LogP contribution in [0.5, 0.6) is 0 Å². The van der Waals surface area contributed by atoms with E-state index in [1.165, 1.54) is 10.0 Å². The molecule has 1 aromatic heterocycles. The molecule has 0 radical (unpaired) electrons. The Labute approximate surface area is 164 Å². The van der Waals surface area contributed by atoms with Crippen LogP contribution in [0.3, 0.4) is 0 Å². The number of halogens is 1. The van der Waals surface area contributed by atoms with E-state index in [2.05, 4.69) is 21.3 Å². The van der Waals surface area contributed by atoms with Gasteiger partial charge in [0.25, 0.3) is 0 Å². The average molecular weight is 430 g/mol. The van der Waals surface area contributed by atoms with Crippen LogP contribution in [0.1, 0.15) is 57.2 Å². The van der Waals surface area contributed by atoms with Crippen LogP contribution in [0.2, 0.25) is 5.02 Å². The first-order chi connectivity index (χ1) is 12.7. The second-order valence-corrected chi connectivity index (χ2v) is 8.93. The van der Waals surface area contributed by atoms with Crippen LogP contribution in [0.25, 0.3) is 0 Å². The number of nitrogens with zero attached hydrogens (tertiary/aromatic N) is 2. The third-order valence-corrected chi connectivity index (χ3v) is 7.06. The summed E-state index contributed by atoms with van der Waals surface area (Å²) in [6.07, 6.45) is 3.83. The summed E-state index contributed by atoms with van der Waals surface area (Å²) < 4.78 is 5.74. The monoisotopic (exact) mass is 430 g/mol. The van der Waals surface area contributed by atoms with Crippen molar-refractivity contribution < 1.29 is 4.79 Å². The van der Waals surface area contributed by atoms with Gasteiger partial charge in [-0.3, -0.25) is 0 Å². The molecule has 3 nitrogen and oxygen atoms in total. The molecule has 0 saturated carbocycles. The molecule has 0 aliphatic heterocycles. The SMILES string of the molecule is O=C(C[C@@H](c1ccccc1)[C@@H]1CCCc2[se]nnc21)c1ccc(Cl)cc1. The first-order valence-electron chi connectivity index (χ1n) is 8.87. The van der Waals surface area contributed by atoms with Crippen LogP contribution < -0.4 is 0 Å². The molecule has 2 atom stereocenters. The molecule has 1 aliphatic rings. The van der Waals surface area contributed by atoms with Gasteiger partial charge in [-0.15, -0.1) is 0 Å². The van der Waals surface area contributed by atoms with Crippen molar-refractivity contribution in [3.8, 4) is 0 Å². The van der Waals surface area contributed by atoms with Crippen molar-refractivity contribution >= 4 is 32.1 Å². The molecule has 5 heteroatoms. The Kier molecular flexibility index (Phi) is 5.35. The number of ketones is 1. The van der Waals surface area contributed by atoms with Gasteiger partial charge in [0.2, 0.25) is 0 Å². The molecule has 0 fully saturated rings. The Bertz CT molecular complexity index is 892. The van der Waals surface area contributed by atoms with E-state index in [0.29, 0.717) is 11.4 Å². The van der Waals surface area contributed by atoms with Crippen molar-refractivity contribution in [2.24, 2.45) is 0 Å². The van der Waals surface area contributed by atoms with Gasteiger partial charge in [0.15, 0.2) is 0 Å². The number of hydrogen-bond donors (Lipinski definition) is 0. The molecule has 0 unspecified atom stereocenters. The van der Waals surface area contributed by atoms with Crippen molar-refractivity contribution in [2.45, 2.75) is 37.5 Å². The summed E-state index contributed by atoms with van der Waals surface area (Å²) in [5.41, 5.74) is 3.09. The Hall–Kier alpha value is -1.74. The van der Waals surface area contributed by atoms with Gasteiger partial charge < -0.3 is 0 Å². The van der Waals surface area contributed by atoms with E-state index in [-0.39, 0.29) is 32.4 Å². The van der Waals surface area contributed by atoms with Gasteiger partial charge in [0.05, 0.1) is 0 Å². The molecular weight excluding hydrogens is 411 g/mol. The second-order valence-electron chi connectivity index (χ2n) is 6.73. The number of hydrogen-bond acceptors (Lipinski definition) is 3. The molecule has 0 N–H and O–H groups in total. The zero-order valence-electron chi connectivity index (χ0n) is 14.3. The molecule has 4 rings (SSSR count). The third kappa shape index (κ3) is 3.68. The summed E-state index contributed by atoms with van der Waals surface area (Å²) in [5.74, 6) is 0.576. The van der Waals surface area contributed by atoms with E-state index < -0.39 is 0 Å². The Morgan fingerprint density at radius 3 is 2.69 bits per heavy atom. The average Bonchev–Trinajstić information content (AvgIpc) is 3.16. The fourth-order valence-corrected chi connectivity index (χ4v) is 5.52. The van der Waals surface area contributed by atoms with Crippen molar-refractivity contribution in [3.05, 3.63) is 80.9 Å². The molecule has 0 amide bonds. The number of aromatic nitrogens is 2. The number of carbonyl (C=O) groups is 1. The molecule has 0 spiro atoms. The molecule has 2 aromatic carbocycles. The summed E-state index contributed by atoms with van der Waals surface area (Å²) in [6.45, 7) is 0. The van der Waals surface area contributed by atoms with Crippen LogP contribution in [-0.4, -0.2) is 29.7 Å². The van der Waals surface area contributed by atoms with Gasteiger partial charge >= 0.3 is 165 Å². The third-order valence-electron chi connectivity index (χ3n) is 5.14. The molecular formula is C21H19ClN2OSe. The van der Waals surface area contributed by atoms with Gasteiger partial charge in [0, 0.05) is 0 Å². The fourth-order valence-electron chi connectivity index (χ4n) is 3.83. The maximum atomic E-state index is 13.0. The molecule has 26 heavy (non-hydrogen) atoms. The van der Waals surface area contributed by atoms with Crippen LogP contribution in [-0.2, 0) is 6.42 Å². The number of Topliss-reactive ketones (excluding diaryl/α,β-unsaturated/α-hetero) is 1. The Morgan fingerprint density at radius 2 is 1.92 bits per heavy atom. The minimum atomic E-state index is 0.137. The van der Waals surface area contributed by atoms with E-state index in [9.17, 15) is 4.79 Å². The Balaban J connectivity index is 1.66.